The second-order valence-corrected chi connectivity index (χ2v) is 8.16. The lowest BCUT2D eigenvalue weighted by Crippen LogP contribution is -2.32. The molecule has 2 aromatic carbocycles. The molecule has 4 rings (SSSR count). The van der Waals surface area contributed by atoms with Crippen molar-refractivity contribution in [2.24, 2.45) is 11.7 Å². The van der Waals surface area contributed by atoms with Crippen molar-refractivity contribution >= 4 is 0 Å². The molecule has 0 radical (unpaired) electrons. The van der Waals surface area contributed by atoms with Gasteiger partial charge in [0.25, 0.3) is 0 Å². The number of nitrogens with zero attached hydrogens (tertiary/aromatic N) is 1. The van der Waals surface area contributed by atoms with Crippen molar-refractivity contribution in [3.8, 4) is 5.75 Å². The first-order valence-electron chi connectivity index (χ1n) is 10.1. The molecular formula is C24H30N2O. The Morgan fingerprint density at radius 2 is 2.00 bits per heavy atom. The van der Waals surface area contributed by atoms with Gasteiger partial charge in [0.05, 0.1) is 6.61 Å². The summed E-state index contributed by atoms with van der Waals surface area (Å²) in [7, 11) is 0. The summed E-state index contributed by atoms with van der Waals surface area (Å²) in [5, 5.41) is 0. The molecule has 0 spiro atoms. The van der Waals surface area contributed by atoms with Gasteiger partial charge in [0, 0.05) is 31.6 Å². The van der Waals surface area contributed by atoms with Crippen molar-refractivity contribution in [2.45, 2.75) is 44.8 Å². The van der Waals surface area contributed by atoms with E-state index in [1.165, 1.54) is 35.1 Å². The lowest BCUT2D eigenvalue weighted by atomic mass is 9.89. The van der Waals surface area contributed by atoms with E-state index in [2.05, 4.69) is 60.0 Å². The van der Waals surface area contributed by atoms with Gasteiger partial charge in [0.15, 0.2) is 0 Å². The molecular weight excluding hydrogens is 332 g/mol. The van der Waals surface area contributed by atoms with Crippen LogP contribution < -0.4 is 10.5 Å². The minimum atomic E-state index is 0.0855. The monoisotopic (exact) mass is 362 g/mol. The third-order valence-corrected chi connectivity index (χ3v) is 5.74. The number of nitrogens with two attached hydrogens (primary N) is 1. The van der Waals surface area contributed by atoms with Gasteiger partial charge in [-0.2, -0.15) is 0 Å². The fraction of sp³-hybridized carbons (Fsp3) is 0.417. The summed E-state index contributed by atoms with van der Waals surface area (Å²) >= 11 is 0. The fourth-order valence-corrected chi connectivity index (χ4v) is 3.84. The highest BCUT2D eigenvalue weighted by molar-refractivity contribution is 5.41. The molecule has 2 aliphatic rings. The SMILES string of the molecule is C=C[C@H]1CN(Cc2ccc([C@H](C)N)cc2)Cc2ccc(OCC3CC3)cc21. The lowest BCUT2D eigenvalue weighted by Gasteiger charge is -2.33. The Morgan fingerprint density at radius 3 is 2.67 bits per heavy atom. The van der Waals surface area contributed by atoms with Crippen molar-refractivity contribution in [2.75, 3.05) is 13.2 Å². The Bertz CT molecular complexity index is 793. The summed E-state index contributed by atoms with van der Waals surface area (Å²) in [6.07, 6.45) is 4.72. The van der Waals surface area contributed by atoms with E-state index in [1.807, 2.05) is 6.92 Å². The molecule has 0 aromatic heterocycles. The molecule has 1 heterocycles. The van der Waals surface area contributed by atoms with Gasteiger partial charge in [-0.05, 0) is 60.1 Å². The van der Waals surface area contributed by atoms with Crippen LogP contribution in [0.4, 0.5) is 0 Å². The van der Waals surface area contributed by atoms with Crippen LogP contribution >= 0.6 is 0 Å². The van der Waals surface area contributed by atoms with Crippen LogP contribution in [0.5, 0.6) is 5.75 Å². The summed E-state index contributed by atoms with van der Waals surface area (Å²) in [5.74, 6) is 2.13. The van der Waals surface area contributed by atoms with Gasteiger partial charge in [-0.1, -0.05) is 36.4 Å². The van der Waals surface area contributed by atoms with Gasteiger partial charge in [-0.3, -0.25) is 4.90 Å². The van der Waals surface area contributed by atoms with Crippen molar-refractivity contribution in [1.82, 2.24) is 4.90 Å². The topological polar surface area (TPSA) is 38.5 Å². The van der Waals surface area contributed by atoms with Crippen LogP contribution in [-0.4, -0.2) is 18.1 Å². The fourth-order valence-electron chi connectivity index (χ4n) is 3.84. The smallest absolute Gasteiger partial charge is 0.119 e. The maximum Gasteiger partial charge on any atom is 0.119 e. The standard InChI is InChI=1S/C24H30N2O/c1-3-20-14-26(13-18-6-8-21(9-7-18)17(2)25)15-22-10-11-23(12-24(20)22)27-16-19-4-5-19/h3,6-12,17,19-20H,1,4-5,13-16,25H2,2H3/t17-,20-/m0/s1. The van der Waals surface area contributed by atoms with Crippen LogP contribution in [0, 0.1) is 5.92 Å². The van der Waals surface area contributed by atoms with E-state index in [9.17, 15) is 0 Å². The molecule has 1 aliphatic carbocycles. The van der Waals surface area contributed by atoms with Crippen molar-refractivity contribution in [3.63, 3.8) is 0 Å². The molecule has 1 saturated carbocycles. The zero-order valence-electron chi connectivity index (χ0n) is 16.2. The molecule has 0 bridgehead atoms. The van der Waals surface area contributed by atoms with E-state index in [0.717, 1.165) is 37.9 Å². The maximum absolute atomic E-state index is 5.98. The van der Waals surface area contributed by atoms with E-state index >= 15 is 0 Å². The van der Waals surface area contributed by atoms with Crippen LogP contribution in [0.3, 0.4) is 0 Å². The van der Waals surface area contributed by atoms with Gasteiger partial charge < -0.3 is 10.5 Å². The number of fused-ring (bicyclic) bond motifs is 1. The second-order valence-electron chi connectivity index (χ2n) is 8.16. The molecule has 2 atom stereocenters. The highest BCUT2D eigenvalue weighted by atomic mass is 16.5. The van der Waals surface area contributed by atoms with E-state index in [4.69, 9.17) is 10.5 Å². The minimum absolute atomic E-state index is 0.0855. The summed E-state index contributed by atoms with van der Waals surface area (Å²) in [4.78, 5) is 2.50. The highest BCUT2D eigenvalue weighted by Crippen LogP contribution is 2.34. The highest BCUT2D eigenvalue weighted by Gasteiger charge is 2.25. The summed E-state index contributed by atoms with van der Waals surface area (Å²) < 4.78 is 5.98. The predicted octanol–water partition coefficient (Wildman–Crippen LogP) is 4.78. The Hall–Kier alpha value is -2.10. The average Bonchev–Trinajstić information content (AvgIpc) is 3.50. The molecule has 0 amide bonds. The van der Waals surface area contributed by atoms with E-state index < -0.39 is 0 Å². The molecule has 2 aromatic rings. The third-order valence-electron chi connectivity index (χ3n) is 5.74. The maximum atomic E-state index is 5.98. The minimum Gasteiger partial charge on any atom is -0.493 e. The Labute approximate surface area is 162 Å². The predicted molar refractivity (Wildman–Crippen MR) is 111 cm³/mol. The van der Waals surface area contributed by atoms with Crippen LogP contribution in [0.2, 0.25) is 0 Å². The van der Waals surface area contributed by atoms with Crippen molar-refractivity contribution < 1.29 is 4.74 Å². The molecule has 1 aliphatic heterocycles. The molecule has 1 fully saturated rings. The zero-order valence-corrected chi connectivity index (χ0v) is 16.2. The van der Waals surface area contributed by atoms with E-state index in [1.54, 1.807) is 0 Å². The van der Waals surface area contributed by atoms with Gasteiger partial charge in [-0.25, -0.2) is 0 Å². The second kappa shape index (κ2) is 7.87. The normalized spacial score (nSPS) is 20.7. The molecule has 142 valence electrons. The van der Waals surface area contributed by atoms with Crippen LogP contribution in [0.25, 0.3) is 0 Å². The lowest BCUT2D eigenvalue weighted by molar-refractivity contribution is 0.233. The number of ether oxygens (including phenoxy) is 1. The molecule has 0 unspecified atom stereocenters. The third kappa shape index (κ3) is 4.42. The van der Waals surface area contributed by atoms with Gasteiger partial charge in [0.2, 0.25) is 0 Å². The summed E-state index contributed by atoms with van der Waals surface area (Å²) in [6.45, 7) is 9.89. The molecule has 3 heteroatoms. The van der Waals surface area contributed by atoms with Crippen molar-refractivity contribution in [1.29, 1.82) is 0 Å². The quantitative estimate of drug-likeness (QED) is 0.720. The first kappa shape index (κ1) is 18.3. The largest absolute Gasteiger partial charge is 0.493 e. The van der Waals surface area contributed by atoms with Gasteiger partial charge in [-0.15, -0.1) is 6.58 Å². The Balaban J connectivity index is 1.45. The number of hydrogen-bond donors (Lipinski definition) is 1. The number of hydrogen-bond acceptors (Lipinski definition) is 3. The first-order valence-corrected chi connectivity index (χ1v) is 10.1. The molecule has 0 saturated heterocycles. The van der Waals surface area contributed by atoms with Gasteiger partial charge >= 0.3 is 0 Å². The zero-order chi connectivity index (χ0) is 18.8. The van der Waals surface area contributed by atoms with Crippen molar-refractivity contribution in [3.05, 3.63) is 77.4 Å². The first-order chi connectivity index (χ1) is 13.1. The Kier molecular flexibility index (Phi) is 5.33. The van der Waals surface area contributed by atoms with Crippen LogP contribution in [0.15, 0.2) is 55.1 Å². The van der Waals surface area contributed by atoms with Crippen LogP contribution in [-0.2, 0) is 13.1 Å². The summed E-state index contributed by atoms with van der Waals surface area (Å²) in [6, 6.07) is 15.4. The number of rotatable bonds is 7. The average molecular weight is 363 g/mol. The Morgan fingerprint density at radius 1 is 1.22 bits per heavy atom. The van der Waals surface area contributed by atoms with E-state index in [-0.39, 0.29) is 6.04 Å². The molecule has 2 N–H and O–H groups in total. The summed E-state index contributed by atoms with van der Waals surface area (Å²) in [5.41, 5.74) is 11.2. The number of benzene rings is 2. The molecule has 27 heavy (non-hydrogen) atoms. The van der Waals surface area contributed by atoms with Crippen LogP contribution in [0.1, 0.15) is 54.0 Å². The van der Waals surface area contributed by atoms with Gasteiger partial charge in [0.1, 0.15) is 5.75 Å². The molecule has 3 nitrogen and oxygen atoms in total. The van der Waals surface area contributed by atoms with E-state index in [0.29, 0.717) is 5.92 Å².